The topological polar surface area (TPSA) is 80.4 Å². The molecule has 0 aliphatic rings. The third kappa shape index (κ3) is 5.05. The Labute approximate surface area is 162 Å². The molecule has 0 saturated carbocycles. The van der Waals surface area contributed by atoms with E-state index in [-0.39, 0.29) is 0 Å². The highest BCUT2D eigenvalue weighted by molar-refractivity contribution is 7.99. The van der Waals surface area contributed by atoms with E-state index in [1.807, 2.05) is 24.3 Å². The van der Waals surface area contributed by atoms with Gasteiger partial charge in [0.25, 0.3) is 0 Å². The number of rotatable bonds is 9. The zero-order chi connectivity index (χ0) is 19.1. The number of hydrogen-bond donors (Lipinski definition) is 2. The molecule has 2 rings (SSSR count). The fourth-order valence-corrected chi connectivity index (χ4v) is 4.20. The second-order valence-corrected chi connectivity index (χ2v) is 8.37. The number of benzene rings is 2. The van der Waals surface area contributed by atoms with Gasteiger partial charge in [0.15, 0.2) is 0 Å². The Bertz CT molecular complexity index is 679. The predicted octanol–water partition coefficient (Wildman–Crippen LogP) is 4.35. The van der Waals surface area contributed by atoms with E-state index < -0.39 is 23.7 Å². The van der Waals surface area contributed by atoms with E-state index in [4.69, 9.17) is 5.73 Å². The number of nitrogens with two attached hydrogens (primary N) is 1. The van der Waals surface area contributed by atoms with Crippen molar-refractivity contribution in [3.8, 4) is 0 Å². The van der Waals surface area contributed by atoms with Gasteiger partial charge >= 0.3 is 5.97 Å². The van der Waals surface area contributed by atoms with Crippen LogP contribution in [0.2, 0.25) is 0 Å². The van der Waals surface area contributed by atoms with Crippen molar-refractivity contribution in [2.24, 2.45) is 5.73 Å². The van der Waals surface area contributed by atoms with Gasteiger partial charge in [0.05, 0.1) is 11.8 Å². The van der Waals surface area contributed by atoms with Crippen LogP contribution >= 0.6 is 23.5 Å². The molecule has 2 aromatic rings. The van der Waals surface area contributed by atoms with Crippen LogP contribution in [0.4, 0.5) is 0 Å². The monoisotopic (exact) mass is 389 g/mol. The van der Waals surface area contributed by atoms with Crippen LogP contribution in [0.25, 0.3) is 0 Å². The van der Waals surface area contributed by atoms with Gasteiger partial charge in [-0.25, -0.2) is 0 Å². The number of carboxylic acids is 1. The summed E-state index contributed by atoms with van der Waals surface area (Å²) in [6.07, 6.45) is 0. The first-order valence-electron chi connectivity index (χ1n) is 8.45. The summed E-state index contributed by atoms with van der Waals surface area (Å²) in [5.41, 5.74) is 6.81. The number of carbonyl (C=O) groups excluding carboxylic acids is 1. The molecular formula is C20H23NO3S2. The lowest BCUT2D eigenvalue weighted by Gasteiger charge is -2.22. The van der Waals surface area contributed by atoms with E-state index in [1.54, 1.807) is 47.8 Å². The minimum absolute atomic E-state index is 0.578. The first-order valence-corrected chi connectivity index (χ1v) is 10.4. The fraction of sp³-hybridized carbons (Fsp3) is 0.300. The maximum atomic E-state index is 12.1. The van der Waals surface area contributed by atoms with Crippen LogP contribution in [-0.4, -0.2) is 28.5 Å². The van der Waals surface area contributed by atoms with Gasteiger partial charge in [0, 0.05) is 9.79 Å². The smallest absolute Gasteiger partial charge is 0.312 e. The van der Waals surface area contributed by atoms with Crippen LogP contribution < -0.4 is 5.73 Å². The van der Waals surface area contributed by atoms with E-state index >= 15 is 0 Å². The molecule has 2 aromatic carbocycles. The summed E-state index contributed by atoms with van der Waals surface area (Å²) < 4.78 is 0. The van der Waals surface area contributed by atoms with Crippen molar-refractivity contribution in [2.75, 3.05) is 11.5 Å². The first-order chi connectivity index (χ1) is 12.5. The van der Waals surface area contributed by atoms with Gasteiger partial charge < -0.3 is 10.8 Å². The largest absolute Gasteiger partial charge is 0.481 e. The lowest BCUT2D eigenvalue weighted by Crippen LogP contribution is -2.31. The maximum Gasteiger partial charge on any atom is 0.312 e. The highest BCUT2D eigenvalue weighted by atomic mass is 32.2. The van der Waals surface area contributed by atoms with Crippen LogP contribution in [0.5, 0.6) is 0 Å². The predicted molar refractivity (Wildman–Crippen MR) is 108 cm³/mol. The molecule has 2 unspecified atom stereocenters. The van der Waals surface area contributed by atoms with Crippen LogP contribution in [0.15, 0.2) is 58.3 Å². The van der Waals surface area contributed by atoms with Crippen molar-refractivity contribution in [1.29, 1.82) is 0 Å². The van der Waals surface area contributed by atoms with Crippen molar-refractivity contribution < 1.29 is 14.7 Å². The van der Waals surface area contributed by atoms with Crippen LogP contribution in [-0.2, 0) is 9.59 Å². The minimum Gasteiger partial charge on any atom is -0.481 e. The summed E-state index contributed by atoms with van der Waals surface area (Å²) in [4.78, 5) is 26.3. The summed E-state index contributed by atoms with van der Waals surface area (Å²) in [6, 6.07) is 14.7. The van der Waals surface area contributed by atoms with Gasteiger partial charge in [-0.1, -0.05) is 38.1 Å². The molecule has 0 saturated heterocycles. The molecule has 6 heteroatoms. The third-order valence-electron chi connectivity index (χ3n) is 4.01. The van der Waals surface area contributed by atoms with Crippen LogP contribution in [0.3, 0.4) is 0 Å². The van der Waals surface area contributed by atoms with E-state index in [0.717, 1.165) is 21.3 Å². The number of thioether (sulfide) groups is 2. The lowest BCUT2D eigenvalue weighted by molar-refractivity contribution is -0.141. The first kappa shape index (κ1) is 20.4. The molecule has 0 fully saturated rings. The molecule has 0 radical (unpaired) electrons. The van der Waals surface area contributed by atoms with Crippen molar-refractivity contribution in [1.82, 2.24) is 0 Å². The number of carboxylic acid groups (broad SMARTS) is 1. The Morgan fingerprint density at radius 1 is 0.846 bits per heavy atom. The summed E-state index contributed by atoms with van der Waals surface area (Å²) in [5, 5.41) is 9.80. The molecule has 2 atom stereocenters. The standard InChI is InChI=1S/C20H23NO3S2/c1-3-25-15-9-5-13(6-10-15)17(19(21)22)18(20(23)24)14-7-11-16(12-8-14)26-4-2/h5-12,17-18H,3-4H2,1-2H3,(H2,21,22)(H,23,24). The van der Waals surface area contributed by atoms with E-state index in [2.05, 4.69) is 13.8 Å². The quantitative estimate of drug-likeness (QED) is 0.623. The van der Waals surface area contributed by atoms with Gasteiger partial charge in [-0.3, -0.25) is 9.59 Å². The maximum absolute atomic E-state index is 12.1. The molecule has 0 spiro atoms. The van der Waals surface area contributed by atoms with Crippen molar-refractivity contribution in [2.45, 2.75) is 35.5 Å². The Morgan fingerprint density at radius 2 is 1.23 bits per heavy atom. The molecule has 26 heavy (non-hydrogen) atoms. The van der Waals surface area contributed by atoms with Gasteiger partial charge in [0.2, 0.25) is 5.91 Å². The SMILES string of the molecule is CCSc1ccc(C(C(N)=O)C(C(=O)O)c2ccc(SCC)cc2)cc1. The Morgan fingerprint density at radius 3 is 1.54 bits per heavy atom. The number of primary amides is 1. The van der Waals surface area contributed by atoms with Crippen molar-refractivity contribution in [3.63, 3.8) is 0 Å². The molecule has 0 aliphatic heterocycles. The molecule has 3 N–H and O–H groups in total. The number of hydrogen-bond acceptors (Lipinski definition) is 4. The zero-order valence-corrected chi connectivity index (χ0v) is 16.5. The Hall–Kier alpha value is -1.92. The lowest BCUT2D eigenvalue weighted by atomic mass is 9.81. The number of amides is 1. The molecule has 0 aromatic heterocycles. The highest BCUT2D eigenvalue weighted by Crippen LogP contribution is 2.35. The zero-order valence-electron chi connectivity index (χ0n) is 14.8. The highest BCUT2D eigenvalue weighted by Gasteiger charge is 2.35. The average Bonchev–Trinajstić information content (AvgIpc) is 2.61. The Balaban J connectivity index is 2.39. The van der Waals surface area contributed by atoms with E-state index in [1.165, 1.54) is 0 Å². The second kappa shape index (κ2) is 9.69. The average molecular weight is 390 g/mol. The molecule has 0 aliphatic carbocycles. The fourth-order valence-electron chi connectivity index (χ4n) is 2.87. The number of aliphatic carboxylic acids is 1. The van der Waals surface area contributed by atoms with Gasteiger partial charge in [0.1, 0.15) is 0 Å². The van der Waals surface area contributed by atoms with Crippen LogP contribution in [0.1, 0.15) is 36.8 Å². The van der Waals surface area contributed by atoms with Gasteiger partial charge in [-0.05, 0) is 46.9 Å². The molecule has 0 heterocycles. The summed E-state index contributed by atoms with van der Waals surface area (Å²) in [5.74, 6) is -1.75. The molecule has 138 valence electrons. The van der Waals surface area contributed by atoms with Gasteiger partial charge in [-0.2, -0.15) is 0 Å². The number of carbonyl (C=O) groups is 2. The minimum atomic E-state index is -1.06. The molecule has 1 amide bonds. The van der Waals surface area contributed by atoms with Crippen molar-refractivity contribution >= 4 is 35.4 Å². The van der Waals surface area contributed by atoms with E-state index in [9.17, 15) is 14.7 Å². The summed E-state index contributed by atoms with van der Waals surface area (Å²) in [6.45, 7) is 4.12. The van der Waals surface area contributed by atoms with Crippen LogP contribution in [0, 0.1) is 0 Å². The van der Waals surface area contributed by atoms with E-state index in [0.29, 0.717) is 11.1 Å². The Kier molecular flexibility index (Phi) is 7.60. The summed E-state index contributed by atoms with van der Waals surface area (Å²) in [7, 11) is 0. The normalized spacial score (nSPS) is 13.2. The molecule has 0 bridgehead atoms. The molecule has 4 nitrogen and oxygen atoms in total. The second-order valence-electron chi connectivity index (χ2n) is 5.70. The van der Waals surface area contributed by atoms with Gasteiger partial charge in [-0.15, -0.1) is 23.5 Å². The van der Waals surface area contributed by atoms with Crippen molar-refractivity contribution in [3.05, 3.63) is 59.7 Å². The third-order valence-corrected chi connectivity index (χ3v) is 5.79. The molecular weight excluding hydrogens is 366 g/mol. The summed E-state index contributed by atoms with van der Waals surface area (Å²) >= 11 is 3.37.